The molecular formula is C10H17NO2S2. The van der Waals surface area contributed by atoms with E-state index in [2.05, 4.69) is 0 Å². The van der Waals surface area contributed by atoms with E-state index in [1.54, 1.807) is 11.3 Å². The maximum atomic E-state index is 11.0. The lowest BCUT2D eigenvalue weighted by Gasteiger charge is -2.07. The first kappa shape index (κ1) is 12.7. The van der Waals surface area contributed by atoms with Gasteiger partial charge in [0.25, 0.3) is 0 Å². The topological polar surface area (TPSA) is 60.2 Å². The van der Waals surface area contributed by atoms with Gasteiger partial charge < -0.3 is 5.73 Å². The molecule has 0 aliphatic rings. The number of aryl methyl sites for hydroxylation is 2. The maximum absolute atomic E-state index is 11.0. The van der Waals surface area contributed by atoms with Crippen LogP contribution in [0, 0.1) is 13.8 Å². The van der Waals surface area contributed by atoms with Crippen LogP contribution in [0.2, 0.25) is 0 Å². The predicted octanol–water partition coefficient (Wildman–Crippen LogP) is 1.80. The Hall–Kier alpha value is -0.390. The maximum Gasteiger partial charge on any atom is 0.147 e. The first-order valence-electron chi connectivity index (χ1n) is 4.80. The molecule has 0 aliphatic heterocycles. The molecule has 1 aromatic heterocycles. The zero-order valence-electron chi connectivity index (χ0n) is 9.28. The second-order valence-corrected chi connectivity index (χ2v) is 7.46. The van der Waals surface area contributed by atoms with Crippen molar-refractivity contribution in [2.45, 2.75) is 26.3 Å². The minimum Gasteiger partial charge on any atom is -0.323 e. The lowest BCUT2D eigenvalue weighted by molar-refractivity contribution is 0.592. The quantitative estimate of drug-likeness (QED) is 0.882. The SMILES string of the molecule is Cc1cc(C(N)CCS(C)(=O)=O)sc1C. The number of sulfone groups is 1. The van der Waals surface area contributed by atoms with Crippen LogP contribution in [-0.4, -0.2) is 20.4 Å². The Bertz CT molecular complexity index is 415. The molecule has 0 saturated carbocycles. The molecule has 3 nitrogen and oxygen atoms in total. The molecule has 0 aliphatic carbocycles. The van der Waals surface area contributed by atoms with E-state index in [0.29, 0.717) is 6.42 Å². The van der Waals surface area contributed by atoms with E-state index >= 15 is 0 Å². The van der Waals surface area contributed by atoms with Gasteiger partial charge in [0, 0.05) is 22.1 Å². The summed E-state index contributed by atoms with van der Waals surface area (Å²) in [4.78, 5) is 2.33. The van der Waals surface area contributed by atoms with Crippen LogP contribution < -0.4 is 5.73 Å². The molecule has 0 bridgehead atoms. The summed E-state index contributed by atoms with van der Waals surface area (Å²) < 4.78 is 22.0. The summed E-state index contributed by atoms with van der Waals surface area (Å²) in [6.07, 6.45) is 1.74. The standard InChI is InChI=1S/C10H17NO2S2/c1-7-6-10(14-8(7)2)9(11)4-5-15(3,12)13/h6,9H,4-5,11H2,1-3H3. The largest absolute Gasteiger partial charge is 0.323 e. The second kappa shape index (κ2) is 4.63. The highest BCUT2D eigenvalue weighted by Crippen LogP contribution is 2.26. The Balaban J connectivity index is 2.65. The summed E-state index contributed by atoms with van der Waals surface area (Å²) in [6, 6.07) is 1.89. The van der Waals surface area contributed by atoms with Gasteiger partial charge in [0.15, 0.2) is 0 Å². The van der Waals surface area contributed by atoms with Crippen molar-refractivity contribution in [2.75, 3.05) is 12.0 Å². The van der Waals surface area contributed by atoms with Gasteiger partial charge in [-0.25, -0.2) is 8.42 Å². The summed E-state index contributed by atoms with van der Waals surface area (Å²) >= 11 is 1.65. The van der Waals surface area contributed by atoms with Gasteiger partial charge in [-0.05, 0) is 31.9 Å². The van der Waals surface area contributed by atoms with Crippen LogP contribution in [0.4, 0.5) is 0 Å². The van der Waals surface area contributed by atoms with Crippen molar-refractivity contribution in [1.82, 2.24) is 0 Å². The third kappa shape index (κ3) is 3.93. The Labute approximate surface area is 95.2 Å². The normalized spacial score (nSPS) is 14.1. The minimum atomic E-state index is -2.91. The predicted molar refractivity (Wildman–Crippen MR) is 65.0 cm³/mol. The highest BCUT2D eigenvalue weighted by atomic mass is 32.2. The Morgan fingerprint density at radius 1 is 1.47 bits per heavy atom. The molecule has 2 N–H and O–H groups in total. The zero-order chi connectivity index (χ0) is 11.6. The molecule has 1 unspecified atom stereocenters. The minimum absolute atomic E-state index is 0.155. The van der Waals surface area contributed by atoms with Gasteiger partial charge in [-0.1, -0.05) is 0 Å². The van der Waals surface area contributed by atoms with Crippen LogP contribution in [0.3, 0.4) is 0 Å². The van der Waals surface area contributed by atoms with E-state index in [1.807, 2.05) is 19.9 Å². The lowest BCUT2D eigenvalue weighted by Crippen LogP contribution is -2.14. The van der Waals surface area contributed by atoms with Gasteiger partial charge in [-0.2, -0.15) is 0 Å². The average molecular weight is 247 g/mol. The van der Waals surface area contributed by atoms with Crippen LogP contribution in [0.5, 0.6) is 0 Å². The highest BCUT2D eigenvalue weighted by Gasteiger charge is 2.13. The second-order valence-electron chi connectivity index (χ2n) is 3.91. The van der Waals surface area contributed by atoms with E-state index in [-0.39, 0.29) is 11.8 Å². The molecule has 0 fully saturated rings. The monoisotopic (exact) mass is 247 g/mol. The van der Waals surface area contributed by atoms with Gasteiger partial charge >= 0.3 is 0 Å². The van der Waals surface area contributed by atoms with E-state index < -0.39 is 9.84 Å². The molecule has 0 amide bonds. The molecule has 1 aromatic rings. The van der Waals surface area contributed by atoms with Crippen molar-refractivity contribution >= 4 is 21.2 Å². The van der Waals surface area contributed by atoms with E-state index in [4.69, 9.17) is 5.73 Å². The lowest BCUT2D eigenvalue weighted by atomic mass is 10.2. The number of nitrogens with two attached hydrogens (primary N) is 1. The third-order valence-corrected chi connectivity index (χ3v) is 4.61. The molecule has 1 rings (SSSR count). The molecule has 0 radical (unpaired) electrons. The van der Waals surface area contributed by atoms with Crippen molar-refractivity contribution in [1.29, 1.82) is 0 Å². The molecule has 5 heteroatoms. The number of thiophene rings is 1. The van der Waals surface area contributed by atoms with Crippen molar-refractivity contribution < 1.29 is 8.42 Å². The van der Waals surface area contributed by atoms with Crippen molar-refractivity contribution in [3.05, 3.63) is 21.4 Å². The third-order valence-electron chi connectivity index (χ3n) is 2.35. The van der Waals surface area contributed by atoms with Gasteiger partial charge in [0.2, 0.25) is 0 Å². The van der Waals surface area contributed by atoms with Gasteiger partial charge in [0.05, 0.1) is 5.75 Å². The Morgan fingerprint density at radius 2 is 2.07 bits per heavy atom. The van der Waals surface area contributed by atoms with Gasteiger partial charge in [0.1, 0.15) is 9.84 Å². The number of hydrogen-bond donors (Lipinski definition) is 1. The summed E-state index contributed by atoms with van der Waals surface area (Å²) in [5, 5.41) is 0. The van der Waals surface area contributed by atoms with Crippen molar-refractivity contribution in [3.8, 4) is 0 Å². The van der Waals surface area contributed by atoms with Crippen molar-refractivity contribution in [3.63, 3.8) is 0 Å². The average Bonchev–Trinajstić information content (AvgIpc) is 2.42. The van der Waals surface area contributed by atoms with Gasteiger partial charge in [-0.15, -0.1) is 11.3 Å². The zero-order valence-corrected chi connectivity index (χ0v) is 10.9. The summed E-state index contributed by atoms with van der Waals surface area (Å²) in [5.74, 6) is 0.157. The molecule has 0 saturated heterocycles. The smallest absolute Gasteiger partial charge is 0.147 e. The molecule has 15 heavy (non-hydrogen) atoms. The highest BCUT2D eigenvalue weighted by molar-refractivity contribution is 7.90. The molecule has 1 heterocycles. The van der Waals surface area contributed by atoms with Crippen LogP contribution in [0.25, 0.3) is 0 Å². The van der Waals surface area contributed by atoms with Crippen LogP contribution >= 0.6 is 11.3 Å². The molecule has 0 spiro atoms. The van der Waals surface area contributed by atoms with E-state index in [0.717, 1.165) is 4.88 Å². The first-order valence-corrected chi connectivity index (χ1v) is 7.67. The van der Waals surface area contributed by atoms with Crippen LogP contribution in [0.15, 0.2) is 6.07 Å². The fraction of sp³-hybridized carbons (Fsp3) is 0.600. The van der Waals surface area contributed by atoms with Crippen LogP contribution in [-0.2, 0) is 9.84 Å². The Morgan fingerprint density at radius 3 is 2.47 bits per heavy atom. The molecule has 0 aromatic carbocycles. The Kier molecular flexibility index (Phi) is 3.92. The number of rotatable bonds is 4. The molecule has 1 atom stereocenters. The van der Waals surface area contributed by atoms with Crippen molar-refractivity contribution in [2.24, 2.45) is 5.73 Å². The molecule has 86 valence electrons. The summed E-state index contributed by atoms with van der Waals surface area (Å²) in [5.41, 5.74) is 7.16. The fourth-order valence-corrected chi connectivity index (χ4v) is 3.03. The number of hydrogen-bond acceptors (Lipinski definition) is 4. The van der Waals surface area contributed by atoms with Gasteiger partial charge in [-0.3, -0.25) is 0 Å². The van der Waals surface area contributed by atoms with Crippen LogP contribution in [0.1, 0.15) is 27.8 Å². The first-order chi connectivity index (χ1) is 6.79. The summed E-state index contributed by atoms with van der Waals surface area (Å²) in [6.45, 7) is 4.09. The summed E-state index contributed by atoms with van der Waals surface area (Å²) in [7, 11) is -2.91. The van der Waals surface area contributed by atoms with E-state index in [9.17, 15) is 8.42 Å². The fourth-order valence-electron chi connectivity index (χ4n) is 1.27. The van der Waals surface area contributed by atoms with E-state index in [1.165, 1.54) is 16.7 Å². The molecular weight excluding hydrogens is 230 g/mol.